The van der Waals surface area contributed by atoms with Crippen molar-refractivity contribution in [3.05, 3.63) is 69.6 Å². The maximum absolute atomic E-state index is 12.9. The first kappa shape index (κ1) is 20.5. The van der Waals surface area contributed by atoms with Gasteiger partial charge in [-0.05, 0) is 37.5 Å². The fraction of sp³-hybridized carbons (Fsp3) is 0.286. The minimum absolute atomic E-state index is 0.114. The lowest BCUT2D eigenvalue weighted by molar-refractivity contribution is -0.384. The Hall–Kier alpha value is -2.78. The molecule has 1 saturated heterocycles. The summed E-state index contributed by atoms with van der Waals surface area (Å²) in [6.07, 6.45) is 0.997. The molecule has 2 heterocycles. The van der Waals surface area contributed by atoms with E-state index >= 15 is 0 Å². The fourth-order valence-corrected chi connectivity index (χ4v) is 6.31. The van der Waals surface area contributed by atoms with Gasteiger partial charge in [0.15, 0.2) is 15.0 Å². The second-order valence-electron chi connectivity index (χ2n) is 7.31. The van der Waals surface area contributed by atoms with Crippen LogP contribution in [0.3, 0.4) is 0 Å². The predicted octanol–water partition coefficient (Wildman–Crippen LogP) is 4.47. The molecule has 4 rings (SSSR count). The SMILES string of the molecule is Cc1ccccc1-c1csc(N2CCC(S(=O)(=O)c3ccc([N+](=O)[O-])cc3)CC2)n1. The lowest BCUT2D eigenvalue weighted by atomic mass is 10.1. The summed E-state index contributed by atoms with van der Waals surface area (Å²) in [5, 5.41) is 13.2. The molecule has 1 aliphatic rings. The van der Waals surface area contributed by atoms with Gasteiger partial charge in [-0.15, -0.1) is 11.3 Å². The Labute approximate surface area is 179 Å². The highest BCUT2D eigenvalue weighted by atomic mass is 32.2. The number of sulfone groups is 1. The fourth-order valence-electron chi connectivity index (χ4n) is 3.70. The second-order valence-corrected chi connectivity index (χ2v) is 10.4. The van der Waals surface area contributed by atoms with Gasteiger partial charge in [0.2, 0.25) is 0 Å². The number of benzene rings is 2. The summed E-state index contributed by atoms with van der Waals surface area (Å²) in [5.41, 5.74) is 3.10. The molecule has 0 spiro atoms. The highest BCUT2D eigenvalue weighted by Gasteiger charge is 2.32. The number of rotatable bonds is 5. The van der Waals surface area contributed by atoms with E-state index in [4.69, 9.17) is 4.98 Å². The second kappa shape index (κ2) is 8.16. The summed E-state index contributed by atoms with van der Waals surface area (Å²) in [6, 6.07) is 13.2. The van der Waals surface area contributed by atoms with Crippen LogP contribution in [0.2, 0.25) is 0 Å². The molecule has 156 valence electrons. The van der Waals surface area contributed by atoms with E-state index in [1.807, 2.05) is 17.5 Å². The van der Waals surface area contributed by atoms with Gasteiger partial charge in [0, 0.05) is 36.2 Å². The third-order valence-electron chi connectivity index (χ3n) is 5.44. The first-order valence-electron chi connectivity index (χ1n) is 9.61. The van der Waals surface area contributed by atoms with Gasteiger partial charge in [-0.2, -0.15) is 0 Å². The van der Waals surface area contributed by atoms with E-state index in [1.165, 1.54) is 29.8 Å². The van der Waals surface area contributed by atoms with Crippen molar-refractivity contribution in [3.63, 3.8) is 0 Å². The quantitative estimate of drug-likeness (QED) is 0.427. The number of aryl methyl sites for hydroxylation is 1. The van der Waals surface area contributed by atoms with Crippen molar-refractivity contribution in [1.29, 1.82) is 0 Å². The van der Waals surface area contributed by atoms with E-state index in [9.17, 15) is 18.5 Å². The van der Waals surface area contributed by atoms with Crippen LogP contribution in [-0.4, -0.2) is 36.7 Å². The monoisotopic (exact) mass is 443 g/mol. The number of hydrogen-bond donors (Lipinski definition) is 0. The van der Waals surface area contributed by atoms with Gasteiger partial charge >= 0.3 is 0 Å². The largest absolute Gasteiger partial charge is 0.348 e. The average Bonchev–Trinajstić information content (AvgIpc) is 3.24. The molecule has 9 heteroatoms. The third kappa shape index (κ3) is 3.95. The van der Waals surface area contributed by atoms with Crippen LogP contribution in [0.25, 0.3) is 11.3 Å². The van der Waals surface area contributed by atoms with Gasteiger partial charge < -0.3 is 4.90 Å². The molecule has 3 aromatic rings. The maximum Gasteiger partial charge on any atom is 0.269 e. The smallest absolute Gasteiger partial charge is 0.269 e. The summed E-state index contributed by atoms with van der Waals surface area (Å²) in [5.74, 6) is 0. The molecular weight excluding hydrogens is 422 g/mol. The summed E-state index contributed by atoms with van der Waals surface area (Å²) in [6.45, 7) is 3.28. The molecule has 30 heavy (non-hydrogen) atoms. The summed E-state index contributed by atoms with van der Waals surface area (Å²) in [4.78, 5) is 17.3. The Bertz CT molecular complexity index is 1160. The van der Waals surface area contributed by atoms with Crippen LogP contribution in [0.4, 0.5) is 10.8 Å². The number of thiazole rings is 1. The Morgan fingerprint density at radius 2 is 1.77 bits per heavy atom. The zero-order valence-corrected chi connectivity index (χ0v) is 18.0. The summed E-state index contributed by atoms with van der Waals surface area (Å²) in [7, 11) is -3.52. The molecule has 7 nitrogen and oxygen atoms in total. The normalized spacial score (nSPS) is 15.3. The lowest BCUT2D eigenvalue weighted by Gasteiger charge is -2.31. The summed E-state index contributed by atoms with van der Waals surface area (Å²) >= 11 is 1.57. The van der Waals surface area contributed by atoms with Crippen molar-refractivity contribution in [1.82, 2.24) is 4.98 Å². The molecule has 1 aromatic heterocycles. The predicted molar refractivity (Wildman–Crippen MR) is 118 cm³/mol. The number of anilines is 1. The standard InChI is InChI=1S/C21H21N3O4S2/c1-15-4-2-3-5-19(15)20-14-29-21(22-20)23-12-10-18(11-13-23)30(27,28)17-8-6-16(7-9-17)24(25)26/h2-9,14,18H,10-13H2,1H3. The number of nitrogens with zero attached hydrogens (tertiary/aromatic N) is 3. The first-order chi connectivity index (χ1) is 14.4. The number of aromatic nitrogens is 1. The van der Waals surface area contributed by atoms with Crippen LogP contribution in [0.1, 0.15) is 18.4 Å². The zero-order valence-electron chi connectivity index (χ0n) is 16.4. The van der Waals surface area contributed by atoms with E-state index in [0.717, 1.165) is 16.4 Å². The van der Waals surface area contributed by atoms with Crippen molar-refractivity contribution in [3.8, 4) is 11.3 Å². The molecule has 0 radical (unpaired) electrons. The van der Waals surface area contributed by atoms with Gasteiger partial charge in [0.05, 0.1) is 20.8 Å². The first-order valence-corrected chi connectivity index (χ1v) is 12.0. The Morgan fingerprint density at radius 1 is 1.10 bits per heavy atom. The topological polar surface area (TPSA) is 93.4 Å². The molecule has 0 bridgehead atoms. The molecule has 0 amide bonds. The van der Waals surface area contributed by atoms with Gasteiger partial charge in [-0.3, -0.25) is 10.1 Å². The average molecular weight is 444 g/mol. The van der Waals surface area contributed by atoms with Crippen LogP contribution < -0.4 is 4.90 Å². The van der Waals surface area contributed by atoms with Crippen molar-refractivity contribution in [2.75, 3.05) is 18.0 Å². The van der Waals surface area contributed by atoms with Gasteiger partial charge in [0.25, 0.3) is 5.69 Å². The minimum Gasteiger partial charge on any atom is -0.348 e. The van der Waals surface area contributed by atoms with Gasteiger partial charge in [-0.1, -0.05) is 24.3 Å². The maximum atomic E-state index is 12.9. The van der Waals surface area contributed by atoms with E-state index in [-0.39, 0.29) is 10.6 Å². The number of piperidine rings is 1. The molecule has 1 aliphatic heterocycles. The van der Waals surface area contributed by atoms with E-state index in [1.54, 1.807) is 11.3 Å². The summed E-state index contributed by atoms with van der Waals surface area (Å²) < 4.78 is 25.9. The zero-order chi connectivity index (χ0) is 21.3. The Kier molecular flexibility index (Phi) is 5.57. The molecular formula is C21H21N3O4S2. The Balaban J connectivity index is 1.45. The molecule has 0 atom stereocenters. The molecule has 0 aliphatic carbocycles. The highest BCUT2D eigenvalue weighted by Crippen LogP contribution is 2.32. The van der Waals surface area contributed by atoms with Crippen molar-refractivity contribution >= 4 is 32.0 Å². The van der Waals surface area contributed by atoms with Crippen LogP contribution in [0.5, 0.6) is 0 Å². The van der Waals surface area contributed by atoms with Gasteiger partial charge in [-0.25, -0.2) is 13.4 Å². The third-order valence-corrected chi connectivity index (χ3v) is 8.62. The van der Waals surface area contributed by atoms with Crippen LogP contribution >= 0.6 is 11.3 Å². The lowest BCUT2D eigenvalue weighted by Crippen LogP contribution is -2.39. The molecule has 1 fully saturated rings. The number of nitro benzene ring substituents is 1. The minimum atomic E-state index is -3.52. The Morgan fingerprint density at radius 3 is 2.40 bits per heavy atom. The van der Waals surface area contributed by atoms with E-state index < -0.39 is 20.0 Å². The number of non-ortho nitro benzene ring substituents is 1. The molecule has 0 saturated carbocycles. The van der Waals surface area contributed by atoms with Crippen LogP contribution in [0.15, 0.2) is 58.8 Å². The number of hydrogen-bond acceptors (Lipinski definition) is 7. The molecule has 0 N–H and O–H groups in total. The highest BCUT2D eigenvalue weighted by molar-refractivity contribution is 7.92. The van der Waals surface area contributed by atoms with Crippen LogP contribution in [0, 0.1) is 17.0 Å². The van der Waals surface area contributed by atoms with Gasteiger partial charge in [0.1, 0.15) is 0 Å². The number of nitro groups is 1. The molecule has 0 unspecified atom stereocenters. The van der Waals surface area contributed by atoms with Crippen molar-refractivity contribution < 1.29 is 13.3 Å². The van der Waals surface area contributed by atoms with Crippen molar-refractivity contribution in [2.24, 2.45) is 0 Å². The van der Waals surface area contributed by atoms with Crippen molar-refractivity contribution in [2.45, 2.75) is 29.9 Å². The van der Waals surface area contributed by atoms with Crippen LogP contribution in [-0.2, 0) is 9.84 Å². The van der Waals surface area contributed by atoms with E-state index in [0.29, 0.717) is 25.9 Å². The molecule has 2 aromatic carbocycles. The van der Waals surface area contributed by atoms with E-state index in [2.05, 4.69) is 24.0 Å².